The Bertz CT molecular complexity index is 900. The lowest BCUT2D eigenvalue weighted by Gasteiger charge is -1.98. The fraction of sp³-hybridized carbons (Fsp3) is 0.150. The van der Waals surface area contributed by atoms with Crippen LogP contribution < -0.4 is 0 Å². The van der Waals surface area contributed by atoms with Crippen molar-refractivity contribution in [1.29, 1.82) is 0 Å². The molecule has 1 aromatic heterocycles. The van der Waals surface area contributed by atoms with Gasteiger partial charge in [-0.25, -0.2) is 9.18 Å². The number of benzene rings is 2. The van der Waals surface area contributed by atoms with E-state index in [-0.39, 0.29) is 18.3 Å². The van der Waals surface area contributed by atoms with E-state index in [0.717, 1.165) is 12.0 Å². The van der Waals surface area contributed by atoms with Crippen LogP contribution in [0.3, 0.4) is 0 Å². The van der Waals surface area contributed by atoms with Crippen LogP contribution in [0.1, 0.15) is 23.9 Å². The number of aryl methyl sites for hydroxylation is 1. The molecule has 0 N–H and O–H groups in total. The molecule has 0 radical (unpaired) electrons. The van der Waals surface area contributed by atoms with E-state index in [4.69, 9.17) is 9.26 Å². The molecule has 3 aromatic rings. The zero-order valence-corrected chi connectivity index (χ0v) is 14.2. The van der Waals surface area contributed by atoms with Gasteiger partial charge in [-0.05, 0) is 35.8 Å². The number of carbonyl (C=O) groups excluding carboxylic acids is 1. The van der Waals surface area contributed by atoms with Crippen molar-refractivity contribution in [3.05, 3.63) is 77.4 Å². The van der Waals surface area contributed by atoms with Crippen LogP contribution in [-0.2, 0) is 22.6 Å². The summed E-state index contributed by atoms with van der Waals surface area (Å²) in [6, 6.07) is 13.6. The first kappa shape index (κ1) is 17.5. The maximum atomic E-state index is 12.8. The van der Waals surface area contributed by atoms with E-state index in [1.807, 2.05) is 24.3 Å². The summed E-state index contributed by atoms with van der Waals surface area (Å²) in [5.74, 6) is -0.230. The molecule has 0 fully saturated rings. The first-order valence-electron chi connectivity index (χ1n) is 8.16. The average Bonchev–Trinajstić information content (AvgIpc) is 3.15. The number of aromatic nitrogens is 2. The molecule has 0 unspecified atom stereocenters. The van der Waals surface area contributed by atoms with Crippen molar-refractivity contribution in [2.75, 3.05) is 0 Å². The number of carbonyl (C=O) groups is 1. The Morgan fingerprint density at radius 1 is 1.15 bits per heavy atom. The minimum Gasteiger partial charge on any atom is -0.452 e. The van der Waals surface area contributed by atoms with E-state index in [9.17, 15) is 9.18 Å². The van der Waals surface area contributed by atoms with Gasteiger partial charge in [-0.2, -0.15) is 4.98 Å². The Morgan fingerprint density at radius 2 is 1.88 bits per heavy atom. The molecule has 5 nitrogen and oxygen atoms in total. The second kappa shape index (κ2) is 8.20. The van der Waals surface area contributed by atoms with Gasteiger partial charge >= 0.3 is 5.97 Å². The van der Waals surface area contributed by atoms with E-state index in [1.54, 1.807) is 12.1 Å². The molecule has 0 aliphatic carbocycles. The fourth-order valence-corrected chi connectivity index (χ4v) is 2.24. The fourth-order valence-electron chi connectivity index (χ4n) is 2.24. The highest BCUT2D eigenvalue weighted by atomic mass is 19.1. The molecular weight excluding hydrogens is 335 g/mol. The van der Waals surface area contributed by atoms with Crippen LogP contribution in [0, 0.1) is 5.82 Å². The van der Waals surface area contributed by atoms with Gasteiger partial charge < -0.3 is 9.26 Å². The second-order valence-corrected chi connectivity index (χ2v) is 5.55. The smallest absolute Gasteiger partial charge is 0.331 e. The van der Waals surface area contributed by atoms with Gasteiger partial charge in [0, 0.05) is 11.6 Å². The molecule has 0 atom stereocenters. The van der Waals surface area contributed by atoms with E-state index in [0.29, 0.717) is 11.4 Å². The Hall–Kier alpha value is -3.28. The lowest BCUT2D eigenvalue weighted by Crippen LogP contribution is -2.01. The monoisotopic (exact) mass is 352 g/mol. The van der Waals surface area contributed by atoms with Gasteiger partial charge in [-0.1, -0.05) is 48.5 Å². The highest BCUT2D eigenvalue weighted by Gasteiger charge is 2.10. The maximum absolute atomic E-state index is 12.8. The lowest BCUT2D eigenvalue weighted by molar-refractivity contribution is -0.139. The normalized spacial score (nSPS) is 11.0. The number of esters is 1. The quantitative estimate of drug-likeness (QED) is 0.491. The van der Waals surface area contributed by atoms with Crippen molar-refractivity contribution in [3.63, 3.8) is 0 Å². The molecule has 0 bridgehead atoms. The third-order valence-corrected chi connectivity index (χ3v) is 3.71. The summed E-state index contributed by atoms with van der Waals surface area (Å²) in [6.07, 6.45) is 3.75. The largest absolute Gasteiger partial charge is 0.452 e. The van der Waals surface area contributed by atoms with Gasteiger partial charge in [0.2, 0.25) is 5.82 Å². The molecule has 1 heterocycles. The summed E-state index contributed by atoms with van der Waals surface area (Å²) in [6.45, 7) is 1.97. The van der Waals surface area contributed by atoms with Crippen molar-refractivity contribution in [2.24, 2.45) is 0 Å². The molecule has 26 heavy (non-hydrogen) atoms. The van der Waals surface area contributed by atoms with Crippen LogP contribution in [0.15, 0.2) is 59.1 Å². The van der Waals surface area contributed by atoms with E-state index in [2.05, 4.69) is 17.1 Å². The molecule has 0 spiro atoms. The summed E-state index contributed by atoms with van der Waals surface area (Å²) < 4.78 is 23.0. The van der Waals surface area contributed by atoms with Crippen LogP contribution in [0.2, 0.25) is 0 Å². The first-order valence-corrected chi connectivity index (χ1v) is 8.16. The minimum atomic E-state index is -0.554. The van der Waals surface area contributed by atoms with Crippen LogP contribution in [0.5, 0.6) is 0 Å². The number of nitrogens with zero attached hydrogens (tertiary/aromatic N) is 2. The van der Waals surface area contributed by atoms with Gasteiger partial charge in [-0.3, -0.25) is 0 Å². The average molecular weight is 352 g/mol. The summed E-state index contributed by atoms with van der Waals surface area (Å²) in [4.78, 5) is 15.9. The molecule has 0 aliphatic heterocycles. The summed E-state index contributed by atoms with van der Waals surface area (Å²) in [5, 5.41) is 3.89. The molecule has 0 amide bonds. The second-order valence-electron chi connectivity index (χ2n) is 5.55. The van der Waals surface area contributed by atoms with Gasteiger partial charge in [0.05, 0.1) is 0 Å². The minimum absolute atomic E-state index is 0.118. The van der Waals surface area contributed by atoms with Gasteiger partial charge in [0.1, 0.15) is 5.82 Å². The summed E-state index contributed by atoms with van der Waals surface area (Å²) >= 11 is 0. The van der Waals surface area contributed by atoms with Crippen molar-refractivity contribution >= 4 is 12.0 Å². The van der Waals surface area contributed by atoms with E-state index >= 15 is 0 Å². The van der Waals surface area contributed by atoms with Crippen LogP contribution in [0.25, 0.3) is 17.5 Å². The van der Waals surface area contributed by atoms with Crippen LogP contribution >= 0.6 is 0 Å². The van der Waals surface area contributed by atoms with Crippen molar-refractivity contribution < 1.29 is 18.4 Å². The van der Waals surface area contributed by atoms with Gasteiger partial charge in [-0.15, -0.1) is 0 Å². The van der Waals surface area contributed by atoms with Crippen molar-refractivity contribution in [2.45, 2.75) is 20.0 Å². The van der Waals surface area contributed by atoms with Gasteiger partial charge in [0.25, 0.3) is 5.89 Å². The molecule has 3 rings (SSSR count). The van der Waals surface area contributed by atoms with Crippen LogP contribution in [-0.4, -0.2) is 16.1 Å². The number of ether oxygens (including phenoxy) is 1. The van der Waals surface area contributed by atoms with Crippen LogP contribution in [0.4, 0.5) is 4.39 Å². The maximum Gasteiger partial charge on any atom is 0.331 e. The summed E-state index contributed by atoms with van der Waals surface area (Å²) in [7, 11) is 0. The van der Waals surface area contributed by atoms with Crippen molar-refractivity contribution in [3.8, 4) is 11.4 Å². The molecule has 0 aliphatic rings. The molecular formula is C20H17FN2O3. The summed E-state index contributed by atoms with van der Waals surface area (Å²) in [5.41, 5.74) is 2.75. The predicted octanol–water partition coefficient (Wildman–Crippen LogP) is 4.19. The molecule has 0 saturated carbocycles. The molecule has 132 valence electrons. The third kappa shape index (κ3) is 4.63. The Kier molecular flexibility index (Phi) is 5.53. The topological polar surface area (TPSA) is 65.2 Å². The lowest BCUT2D eigenvalue weighted by atomic mass is 10.1. The molecule has 6 heteroatoms. The molecule has 0 saturated heterocycles. The Balaban J connectivity index is 1.55. The van der Waals surface area contributed by atoms with Crippen molar-refractivity contribution in [1.82, 2.24) is 10.1 Å². The van der Waals surface area contributed by atoms with Gasteiger partial charge in [0.15, 0.2) is 6.61 Å². The standard InChI is InChI=1S/C20H17FN2O3/c1-2-14-3-8-16(9-4-14)20-22-18(26-23-20)13-25-19(24)12-7-15-5-10-17(21)11-6-15/h3-12H,2,13H2,1H3/b12-7+. The zero-order valence-electron chi connectivity index (χ0n) is 14.2. The Labute approximate surface area is 150 Å². The number of halogens is 1. The number of rotatable bonds is 6. The third-order valence-electron chi connectivity index (χ3n) is 3.71. The van der Waals surface area contributed by atoms with E-state index in [1.165, 1.54) is 29.8 Å². The SMILES string of the molecule is CCc1ccc(-c2noc(COC(=O)/C=C/c3ccc(F)cc3)n2)cc1. The zero-order chi connectivity index (χ0) is 18.4. The molecule has 2 aromatic carbocycles. The highest BCUT2D eigenvalue weighted by molar-refractivity contribution is 5.86. The first-order chi connectivity index (χ1) is 12.6. The number of hydrogen-bond acceptors (Lipinski definition) is 5. The Morgan fingerprint density at radius 3 is 2.58 bits per heavy atom. The predicted molar refractivity (Wildman–Crippen MR) is 94.3 cm³/mol. The number of hydrogen-bond donors (Lipinski definition) is 0. The van der Waals surface area contributed by atoms with E-state index < -0.39 is 5.97 Å². The highest BCUT2D eigenvalue weighted by Crippen LogP contribution is 2.17.